The van der Waals surface area contributed by atoms with Crippen LogP contribution in [0, 0.1) is 0 Å². The number of hydrogen-bond donors (Lipinski definition) is 6. The summed E-state index contributed by atoms with van der Waals surface area (Å²) < 4.78 is 0. The Morgan fingerprint density at radius 2 is 1.96 bits per heavy atom. The van der Waals surface area contributed by atoms with Crippen molar-refractivity contribution in [3.05, 3.63) is 29.3 Å². The van der Waals surface area contributed by atoms with Crippen LogP contribution in [0.5, 0.6) is 5.75 Å². The van der Waals surface area contributed by atoms with Gasteiger partial charge >= 0.3 is 5.97 Å². The average molecular weight is 390 g/mol. The number of phenolic OH excluding ortho intramolecular Hbond substituents is 1. The number of carbonyl (C=O) groups is 3. The number of phenols is 1. The minimum atomic E-state index is -1.19. The van der Waals surface area contributed by atoms with Crippen molar-refractivity contribution in [3.8, 4) is 5.75 Å². The van der Waals surface area contributed by atoms with E-state index in [1.807, 2.05) is 0 Å². The van der Waals surface area contributed by atoms with E-state index in [2.05, 4.69) is 16.0 Å². The zero-order chi connectivity index (χ0) is 20.3. The maximum Gasteiger partial charge on any atom is 0.326 e. The summed E-state index contributed by atoms with van der Waals surface area (Å²) in [7, 11) is 0. The summed E-state index contributed by atoms with van der Waals surface area (Å²) in [6, 6.07) is 3.02. The number of nitrogens with one attached hydrogen (secondary N) is 3. The largest absolute Gasteiger partial charge is 0.508 e. The lowest BCUT2D eigenvalue weighted by Gasteiger charge is -2.40. The Labute approximate surface area is 162 Å². The number of carbonyl (C=O) groups excluding carboxylic acids is 2. The first-order valence-corrected chi connectivity index (χ1v) is 9.49. The summed E-state index contributed by atoms with van der Waals surface area (Å²) in [5, 5.41) is 28.4. The fourth-order valence-corrected chi connectivity index (χ4v) is 3.94. The molecule has 1 aliphatic heterocycles. The summed E-state index contributed by atoms with van der Waals surface area (Å²) in [6.07, 6.45) is 4.07. The predicted octanol–water partition coefficient (Wildman–Crippen LogP) is -0.465. The Kier molecular flexibility index (Phi) is 6.15. The summed E-state index contributed by atoms with van der Waals surface area (Å²) in [6.45, 7) is -0.306. The first-order chi connectivity index (χ1) is 13.4. The SMILES string of the molecule is NCC(=O)N[C@@H](Cc1ccc(O)c(C2NC3CCCCC3NC2=O)c1)C(=O)O. The molecule has 1 saturated carbocycles. The van der Waals surface area contributed by atoms with E-state index in [4.69, 9.17) is 5.73 Å². The second-order valence-corrected chi connectivity index (χ2v) is 7.37. The van der Waals surface area contributed by atoms with Crippen molar-refractivity contribution in [1.82, 2.24) is 16.0 Å². The lowest BCUT2D eigenvalue weighted by Crippen LogP contribution is -2.61. The number of amides is 2. The molecule has 3 rings (SSSR count). The quantitative estimate of drug-likeness (QED) is 0.384. The van der Waals surface area contributed by atoms with Crippen molar-refractivity contribution in [3.63, 3.8) is 0 Å². The Bertz CT molecular complexity index is 769. The number of rotatable bonds is 6. The number of aromatic hydroxyl groups is 1. The maximum atomic E-state index is 12.6. The van der Waals surface area contributed by atoms with Crippen LogP contribution in [0.2, 0.25) is 0 Å². The fraction of sp³-hybridized carbons (Fsp3) is 0.526. The number of hydrogen-bond acceptors (Lipinski definition) is 6. The number of carboxylic acids is 1. The van der Waals surface area contributed by atoms with Gasteiger partial charge in [0.15, 0.2) is 0 Å². The normalized spacial score (nSPS) is 25.3. The molecule has 1 aromatic carbocycles. The van der Waals surface area contributed by atoms with Crippen molar-refractivity contribution in [2.75, 3.05) is 6.54 Å². The smallest absolute Gasteiger partial charge is 0.326 e. The van der Waals surface area contributed by atoms with Gasteiger partial charge in [-0.1, -0.05) is 18.9 Å². The number of fused-ring (bicyclic) bond motifs is 1. The van der Waals surface area contributed by atoms with Crippen LogP contribution in [0.1, 0.15) is 42.9 Å². The molecule has 1 aromatic rings. The lowest BCUT2D eigenvalue weighted by atomic mass is 9.86. The van der Waals surface area contributed by atoms with Gasteiger partial charge in [-0.25, -0.2) is 4.79 Å². The van der Waals surface area contributed by atoms with Gasteiger partial charge in [0.1, 0.15) is 17.8 Å². The topological polar surface area (TPSA) is 154 Å². The van der Waals surface area contributed by atoms with Crippen molar-refractivity contribution >= 4 is 17.8 Å². The molecule has 152 valence electrons. The predicted molar refractivity (Wildman–Crippen MR) is 100 cm³/mol. The van der Waals surface area contributed by atoms with Gasteiger partial charge in [0, 0.05) is 24.1 Å². The Morgan fingerprint density at radius 1 is 1.25 bits per heavy atom. The Balaban J connectivity index is 1.79. The molecule has 0 radical (unpaired) electrons. The third-order valence-electron chi connectivity index (χ3n) is 5.40. The molecule has 28 heavy (non-hydrogen) atoms. The lowest BCUT2D eigenvalue weighted by molar-refractivity contribution is -0.141. The Hall–Kier alpha value is -2.65. The monoisotopic (exact) mass is 390 g/mol. The van der Waals surface area contributed by atoms with E-state index in [0.29, 0.717) is 11.1 Å². The highest BCUT2D eigenvalue weighted by Crippen LogP contribution is 2.31. The van der Waals surface area contributed by atoms with E-state index in [0.717, 1.165) is 25.7 Å². The fourth-order valence-electron chi connectivity index (χ4n) is 3.94. The molecular weight excluding hydrogens is 364 g/mol. The maximum absolute atomic E-state index is 12.6. The highest BCUT2D eigenvalue weighted by molar-refractivity contribution is 5.86. The third kappa shape index (κ3) is 4.42. The van der Waals surface area contributed by atoms with Gasteiger partial charge in [-0.05, 0) is 30.5 Å². The number of aliphatic carboxylic acids is 1. The first kappa shape index (κ1) is 20.1. The second kappa shape index (κ2) is 8.57. The van der Waals surface area contributed by atoms with Gasteiger partial charge in [-0.2, -0.15) is 0 Å². The minimum Gasteiger partial charge on any atom is -0.508 e. The van der Waals surface area contributed by atoms with Crippen LogP contribution < -0.4 is 21.7 Å². The van der Waals surface area contributed by atoms with Crippen LogP contribution in [0.3, 0.4) is 0 Å². The van der Waals surface area contributed by atoms with Crippen LogP contribution >= 0.6 is 0 Å². The molecule has 1 heterocycles. The molecule has 7 N–H and O–H groups in total. The zero-order valence-electron chi connectivity index (χ0n) is 15.5. The number of carboxylic acid groups (broad SMARTS) is 1. The van der Waals surface area contributed by atoms with Gasteiger partial charge in [-0.3, -0.25) is 14.9 Å². The summed E-state index contributed by atoms with van der Waals surface area (Å²) >= 11 is 0. The molecule has 2 fully saturated rings. The van der Waals surface area contributed by atoms with Crippen molar-refractivity contribution in [1.29, 1.82) is 0 Å². The molecule has 0 bridgehead atoms. The first-order valence-electron chi connectivity index (χ1n) is 9.49. The molecule has 9 nitrogen and oxygen atoms in total. The van der Waals surface area contributed by atoms with Gasteiger partial charge < -0.3 is 26.6 Å². The summed E-state index contributed by atoms with van der Waals surface area (Å²) in [5.41, 5.74) is 6.21. The molecular formula is C19H26N4O5. The van der Waals surface area contributed by atoms with Crippen LogP contribution in [0.4, 0.5) is 0 Å². The second-order valence-electron chi connectivity index (χ2n) is 7.37. The van der Waals surface area contributed by atoms with Crippen molar-refractivity contribution in [2.45, 2.75) is 56.3 Å². The molecule has 2 aliphatic rings. The van der Waals surface area contributed by atoms with E-state index in [1.54, 1.807) is 12.1 Å². The number of piperazine rings is 1. The van der Waals surface area contributed by atoms with Crippen LogP contribution in [0.15, 0.2) is 18.2 Å². The Morgan fingerprint density at radius 3 is 2.64 bits per heavy atom. The van der Waals surface area contributed by atoms with Crippen molar-refractivity contribution in [2.24, 2.45) is 5.73 Å². The van der Waals surface area contributed by atoms with Gasteiger partial charge in [0.05, 0.1) is 6.54 Å². The molecule has 0 aromatic heterocycles. The van der Waals surface area contributed by atoms with Crippen LogP contribution in [-0.4, -0.2) is 52.7 Å². The highest BCUT2D eigenvalue weighted by atomic mass is 16.4. The third-order valence-corrected chi connectivity index (χ3v) is 5.40. The van der Waals surface area contributed by atoms with Gasteiger partial charge in [0.25, 0.3) is 0 Å². The van der Waals surface area contributed by atoms with Gasteiger partial charge in [0.2, 0.25) is 11.8 Å². The van der Waals surface area contributed by atoms with Crippen molar-refractivity contribution < 1.29 is 24.6 Å². The molecule has 0 spiro atoms. The minimum absolute atomic E-state index is 0.00868. The molecule has 1 aliphatic carbocycles. The highest BCUT2D eigenvalue weighted by Gasteiger charge is 2.38. The molecule has 9 heteroatoms. The van der Waals surface area contributed by atoms with E-state index in [9.17, 15) is 24.6 Å². The molecule has 1 saturated heterocycles. The molecule has 2 amide bonds. The summed E-state index contributed by atoms with van der Waals surface area (Å²) in [4.78, 5) is 35.5. The number of nitrogens with two attached hydrogens (primary N) is 1. The van der Waals surface area contributed by atoms with Crippen LogP contribution in [-0.2, 0) is 20.8 Å². The van der Waals surface area contributed by atoms with E-state index >= 15 is 0 Å². The van der Waals surface area contributed by atoms with Crippen LogP contribution in [0.25, 0.3) is 0 Å². The molecule has 4 atom stereocenters. The number of benzene rings is 1. The van der Waals surface area contributed by atoms with E-state index < -0.39 is 24.0 Å². The average Bonchev–Trinajstić information content (AvgIpc) is 2.68. The van der Waals surface area contributed by atoms with E-state index in [1.165, 1.54) is 6.07 Å². The van der Waals surface area contributed by atoms with Gasteiger partial charge in [-0.15, -0.1) is 0 Å². The molecule has 3 unspecified atom stereocenters. The standard InChI is InChI=1S/C19H26N4O5/c20-9-16(25)21-14(19(27)28)8-10-5-6-15(24)11(7-10)17-18(26)23-13-4-2-1-3-12(13)22-17/h5-7,12-14,17,22,24H,1-4,8-9,20H2,(H,21,25)(H,23,26)(H,27,28)/t12?,13?,14-,17?/m0/s1. The zero-order valence-corrected chi connectivity index (χ0v) is 15.5. The van der Waals surface area contributed by atoms with E-state index in [-0.39, 0.29) is 36.7 Å². The summed E-state index contributed by atoms with van der Waals surface area (Å²) in [5.74, 6) is -2.00.